The van der Waals surface area contributed by atoms with Crippen LogP contribution >= 0.6 is 0 Å². The monoisotopic (exact) mass is 416 g/mol. The number of carbonyl (C=O) groups is 2. The maximum absolute atomic E-state index is 12.5. The molecule has 1 aliphatic rings. The van der Waals surface area contributed by atoms with Crippen LogP contribution in [0.15, 0.2) is 48.5 Å². The fraction of sp³-hybridized carbons (Fsp3) is 0.333. The Morgan fingerprint density at radius 1 is 0.806 bits per heavy atom. The van der Waals surface area contributed by atoms with Gasteiger partial charge in [-0.05, 0) is 35.4 Å². The van der Waals surface area contributed by atoms with E-state index in [4.69, 9.17) is 15.3 Å². The number of carbonyl (C=O) groups excluding carboxylic acids is 2. The molecule has 0 unspecified atom stereocenters. The molecular weight excluding hydrogens is 392 g/mol. The summed E-state index contributed by atoms with van der Waals surface area (Å²) in [5.41, 5.74) is 2.87. The first-order valence-electron chi connectivity index (χ1n) is 10.2. The number of hydrogen-bond donors (Lipinski definition) is 0. The molecule has 7 nitrogen and oxygen atoms in total. The molecular formula is C24H24N4O3. The van der Waals surface area contributed by atoms with Crippen LogP contribution in [0.4, 0.5) is 0 Å². The maximum Gasteiger partial charge on any atom is 0.310 e. The minimum absolute atomic E-state index is 0.0817. The van der Waals surface area contributed by atoms with Crippen molar-refractivity contribution in [3.05, 3.63) is 70.8 Å². The zero-order valence-electron chi connectivity index (χ0n) is 17.3. The highest BCUT2D eigenvalue weighted by atomic mass is 16.5. The van der Waals surface area contributed by atoms with E-state index in [2.05, 4.69) is 11.0 Å². The number of hydrogen-bond acceptors (Lipinski definition) is 6. The summed E-state index contributed by atoms with van der Waals surface area (Å²) in [6.45, 7) is 3.73. The van der Waals surface area contributed by atoms with Crippen LogP contribution in [-0.2, 0) is 27.2 Å². The van der Waals surface area contributed by atoms with Gasteiger partial charge in [-0.2, -0.15) is 10.5 Å². The van der Waals surface area contributed by atoms with Crippen molar-refractivity contribution in [1.82, 2.24) is 9.80 Å². The Balaban J connectivity index is 1.34. The quantitative estimate of drug-likeness (QED) is 0.640. The predicted octanol–water partition coefficient (Wildman–Crippen LogP) is 1.90. The topological polar surface area (TPSA) is 97.4 Å². The SMILES string of the molecule is N#Cc1ccc(CC(=O)OCCN2CCN(C(=O)Cc3ccc(C#N)cc3)CC2)cc1. The Morgan fingerprint density at radius 3 is 1.84 bits per heavy atom. The van der Waals surface area contributed by atoms with E-state index >= 15 is 0 Å². The predicted molar refractivity (Wildman–Crippen MR) is 114 cm³/mol. The summed E-state index contributed by atoms with van der Waals surface area (Å²) in [5.74, 6) is -0.209. The van der Waals surface area contributed by atoms with Crippen molar-refractivity contribution in [3.8, 4) is 12.1 Å². The number of benzene rings is 2. The second-order valence-corrected chi connectivity index (χ2v) is 7.41. The summed E-state index contributed by atoms with van der Waals surface area (Å²) in [5, 5.41) is 17.7. The van der Waals surface area contributed by atoms with Gasteiger partial charge in [0.2, 0.25) is 5.91 Å². The molecule has 0 atom stereocenters. The van der Waals surface area contributed by atoms with E-state index in [1.807, 2.05) is 23.1 Å². The molecule has 0 aromatic heterocycles. The molecule has 1 saturated heterocycles. The van der Waals surface area contributed by atoms with Crippen LogP contribution < -0.4 is 0 Å². The molecule has 158 valence electrons. The van der Waals surface area contributed by atoms with Gasteiger partial charge in [0.15, 0.2) is 0 Å². The second kappa shape index (κ2) is 10.9. The lowest BCUT2D eigenvalue weighted by Gasteiger charge is -2.34. The summed E-state index contributed by atoms with van der Waals surface area (Å²) < 4.78 is 5.33. The lowest BCUT2D eigenvalue weighted by atomic mass is 10.1. The fourth-order valence-corrected chi connectivity index (χ4v) is 3.41. The van der Waals surface area contributed by atoms with Crippen molar-refractivity contribution in [2.75, 3.05) is 39.3 Å². The van der Waals surface area contributed by atoms with Gasteiger partial charge >= 0.3 is 5.97 Å². The van der Waals surface area contributed by atoms with E-state index in [1.54, 1.807) is 36.4 Å². The Bertz CT molecular complexity index is 977. The Hall–Kier alpha value is -3.68. The lowest BCUT2D eigenvalue weighted by Crippen LogP contribution is -2.49. The van der Waals surface area contributed by atoms with Crippen LogP contribution in [0.1, 0.15) is 22.3 Å². The van der Waals surface area contributed by atoms with Gasteiger partial charge in [-0.25, -0.2) is 0 Å². The number of piperazine rings is 1. The maximum atomic E-state index is 12.5. The number of nitrogens with zero attached hydrogens (tertiary/aromatic N) is 4. The van der Waals surface area contributed by atoms with E-state index in [1.165, 1.54) is 0 Å². The molecule has 1 fully saturated rings. The smallest absolute Gasteiger partial charge is 0.310 e. The summed E-state index contributed by atoms with van der Waals surface area (Å²) >= 11 is 0. The summed E-state index contributed by atoms with van der Waals surface area (Å²) in [6.07, 6.45) is 0.516. The van der Waals surface area contributed by atoms with Crippen molar-refractivity contribution in [3.63, 3.8) is 0 Å². The molecule has 0 bridgehead atoms. The molecule has 0 aliphatic carbocycles. The molecule has 1 heterocycles. The van der Waals surface area contributed by atoms with Crippen LogP contribution in [0.5, 0.6) is 0 Å². The van der Waals surface area contributed by atoms with Gasteiger partial charge in [0.1, 0.15) is 6.61 Å². The zero-order chi connectivity index (χ0) is 22.1. The molecule has 2 aromatic carbocycles. The van der Waals surface area contributed by atoms with Crippen molar-refractivity contribution < 1.29 is 14.3 Å². The average molecular weight is 416 g/mol. The molecule has 2 aromatic rings. The van der Waals surface area contributed by atoms with Crippen LogP contribution in [0, 0.1) is 22.7 Å². The minimum Gasteiger partial charge on any atom is -0.464 e. The first-order chi connectivity index (χ1) is 15.1. The molecule has 1 aliphatic heterocycles. The van der Waals surface area contributed by atoms with Crippen molar-refractivity contribution >= 4 is 11.9 Å². The molecule has 0 N–H and O–H groups in total. The highest BCUT2D eigenvalue weighted by Crippen LogP contribution is 2.09. The normalized spacial score (nSPS) is 13.8. The number of rotatable bonds is 7. The molecule has 3 rings (SSSR count). The lowest BCUT2D eigenvalue weighted by molar-refractivity contribution is -0.143. The van der Waals surface area contributed by atoms with Crippen molar-refractivity contribution in [2.24, 2.45) is 0 Å². The molecule has 0 radical (unpaired) electrons. The highest BCUT2D eigenvalue weighted by Gasteiger charge is 2.21. The summed E-state index contributed by atoms with van der Waals surface area (Å²) in [4.78, 5) is 28.5. The number of esters is 1. The van der Waals surface area contributed by atoms with Gasteiger partial charge in [-0.15, -0.1) is 0 Å². The molecule has 1 amide bonds. The number of ether oxygens (including phenoxy) is 1. The summed E-state index contributed by atoms with van der Waals surface area (Å²) in [7, 11) is 0. The largest absolute Gasteiger partial charge is 0.464 e. The van der Waals surface area contributed by atoms with E-state index in [9.17, 15) is 9.59 Å². The Labute approximate surface area is 182 Å². The Morgan fingerprint density at radius 2 is 1.32 bits per heavy atom. The fourth-order valence-electron chi connectivity index (χ4n) is 3.41. The molecule has 0 spiro atoms. The van der Waals surface area contributed by atoms with Gasteiger partial charge < -0.3 is 9.64 Å². The van der Waals surface area contributed by atoms with E-state index < -0.39 is 0 Å². The van der Waals surface area contributed by atoms with Crippen molar-refractivity contribution in [1.29, 1.82) is 10.5 Å². The van der Waals surface area contributed by atoms with E-state index in [0.717, 1.165) is 24.2 Å². The van der Waals surface area contributed by atoms with Gasteiger partial charge in [0.25, 0.3) is 0 Å². The standard InChI is InChI=1S/C24H24N4O3/c25-17-21-5-1-19(2-6-21)15-23(29)28-11-9-27(10-12-28)13-14-31-24(30)16-20-3-7-22(18-26)8-4-20/h1-8H,9-16H2. The van der Waals surface area contributed by atoms with Crippen LogP contribution in [0.25, 0.3) is 0 Å². The van der Waals surface area contributed by atoms with E-state index in [-0.39, 0.29) is 18.3 Å². The first-order valence-corrected chi connectivity index (χ1v) is 10.2. The number of nitriles is 2. The van der Waals surface area contributed by atoms with Gasteiger partial charge in [-0.1, -0.05) is 24.3 Å². The van der Waals surface area contributed by atoms with E-state index in [0.29, 0.717) is 43.8 Å². The third kappa shape index (κ3) is 6.67. The third-order valence-corrected chi connectivity index (χ3v) is 5.27. The van der Waals surface area contributed by atoms with Crippen LogP contribution in [0.2, 0.25) is 0 Å². The van der Waals surface area contributed by atoms with Gasteiger partial charge in [0, 0.05) is 32.7 Å². The highest BCUT2D eigenvalue weighted by molar-refractivity contribution is 5.79. The van der Waals surface area contributed by atoms with Gasteiger partial charge in [0.05, 0.1) is 36.1 Å². The van der Waals surface area contributed by atoms with Crippen molar-refractivity contribution in [2.45, 2.75) is 12.8 Å². The van der Waals surface area contributed by atoms with Crippen LogP contribution in [-0.4, -0.2) is 61.0 Å². The molecule has 0 saturated carbocycles. The first kappa shape index (κ1) is 22.0. The Kier molecular flexibility index (Phi) is 7.75. The second-order valence-electron chi connectivity index (χ2n) is 7.41. The average Bonchev–Trinajstić information content (AvgIpc) is 2.80. The number of amides is 1. The molecule has 7 heteroatoms. The van der Waals surface area contributed by atoms with Gasteiger partial charge in [-0.3, -0.25) is 14.5 Å². The third-order valence-electron chi connectivity index (χ3n) is 5.27. The zero-order valence-corrected chi connectivity index (χ0v) is 17.3. The minimum atomic E-state index is -0.291. The summed E-state index contributed by atoms with van der Waals surface area (Å²) in [6, 6.07) is 18.1. The van der Waals surface area contributed by atoms with Crippen LogP contribution in [0.3, 0.4) is 0 Å². The molecule has 31 heavy (non-hydrogen) atoms.